The highest BCUT2D eigenvalue weighted by atomic mass is 31.2. The lowest BCUT2D eigenvalue weighted by molar-refractivity contribution is 0.320. The number of hydrogen-bond acceptors (Lipinski definition) is 4. The molecule has 4 N–H and O–H groups in total. The van der Waals surface area contributed by atoms with E-state index in [-0.39, 0.29) is 12.1 Å². The molecule has 0 radical (unpaired) electrons. The average molecular weight is 648 g/mol. The van der Waals surface area contributed by atoms with Gasteiger partial charge in [0, 0.05) is 0 Å². The van der Waals surface area contributed by atoms with Gasteiger partial charge in [-0.25, -0.2) is 0 Å². The van der Waals surface area contributed by atoms with Crippen LogP contribution in [0.5, 0.6) is 0 Å². The third-order valence-corrected chi connectivity index (χ3v) is 13.8. The highest BCUT2D eigenvalue weighted by Crippen LogP contribution is 2.66. The molecule has 2 saturated heterocycles. The van der Waals surface area contributed by atoms with Gasteiger partial charge in [-0.2, -0.15) is 0 Å². The van der Waals surface area contributed by atoms with E-state index < -0.39 is 18.9 Å². The highest BCUT2D eigenvalue weighted by Gasteiger charge is 2.73. The van der Waals surface area contributed by atoms with Crippen LogP contribution in [0.1, 0.15) is 94.5 Å². The van der Waals surface area contributed by atoms with Gasteiger partial charge in [-0.3, -0.25) is 0 Å². The minimum Gasteiger partial charge on any atom is -0.140 e. The molecule has 248 valence electrons. The largest absolute Gasteiger partial charge is 0.301 e. The van der Waals surface area contributed by atoms with Gasteiger partial charge in [-0.15, -0.1) is 20.3 Å². The normalized spacial score (nSPS) is 21.3. The lowest BCUT2D eigenvalue weighted by Crippen LogP contribution is -2.52. The third-order valence-electron chi connectivity index (χ3n) is 11.1. The van der Waals surface area contributed by atoms with E-state index in [0.29, 0.717) is 11.8 Å². The minimum absolute atomic E-state index is 0.120. The molecule has 2 fully saturated rings. The summed E-state index contributed by atoms with van der Waals surface area (Å²) in [5.41, 5.74) is 15.2. The quantitative estimate of drug-likeness (QED) is 0.158. The summed E-state index contributed by atoms with van der Waals surface area (Å²) in [5.74, 6) is 0.688. The average Bonchev–Trinajstić information content (AvgIpc) is 3.48. The Morgan fingerprint density at radius 2 is 0.638 bits per heavy atom. The first-order valence-corrected chi connectivity index (χ1v) is 19.3. The van der Waals surface area contributed by atoms with Crippen LogP contribution in [0.4, 0.5) is 0 Å². The van der Waals surface area contributed by atoms with Gasteiger partial charge in [0.15, 0.2) is 0 Å². The van der Waals surface area contributed by atoms with E-state index in [1.165, 1.54) is 66.8 Å². The zero-order valence-corrected chi connectivity index (χ0v) is 31.6. The summed E-state index contributed by atoms with van der Waals surface area (Å²) in [6.45, 7) is 27.9. The van der Waals surface area contributed by atoms with Crippen LogP contribution >= 0.6 is 7.87 Å². The Bertz CT molecular complexity index is 1500. The van der Waals surface area contributed by atoms with Crippen LogP contribution in [0, 0.1) is 67.2 Å². The molecule has 2 heterocycles. The fourth-order valence-electron chi connectivity index (χ4n) is 9.61. The van der Waals surface area contributed by atoms with Crippen molar-refractivity contribution >= 4 is 7.87 Å². The molecule has 0 bridgehead atoms. The van der Waals surface area contributed by atoms with Gasteiger partial charge in [0.05, 0.1) is 12.1 Å². The van der Waals surface area contributed by atoms with Crippen LogP contribution in [0.25, 0.3) is 0 Å². The van der Waals surface area contributed by atoms with E-state index in [9.17, 15) is 0 Å². The zero-order chi connectivity index (χ0) is 34.1. The summed E-state index contributed by atoms with van der Waals surface area (Å²) in [6.07, 6.45) is 0. The Morgan fingerprint density at radius 3 is 0.830 bits per heavy atom. The van der Waals surface area contributed by atoms with Gasteiger partial charge in [0.2, 0.25) is 0 Å². The first-order valence-electron chi connectivity index (χ1n) is 17.5. The van der Waals surface area contributed by atoms with E-state index in [2.05, 4.69) is 176 Å². The molecule has 2 atom stereocenters. The predicted octanol–water partition coefficient (Wildman–Crippen LogP) is 9.45. The molecule has 0 saturated carbocycles. The zero-order valence-electron chi connectivity index (χ0n) is 30.7. The van der Waals surface area contributed by atoms with Crippen LogP contribution in [0.3, 0.4) is 0 Å². The lowest BCUT2D eigenvalue weighted by atomic mass is 9.69. The van der Waals surface area contributed by atoms with Gasteiger partial charge in [-0.05, 0) is 134 Å². The van der Waals surface area contributed by atoms with Crippen molar-refractivity contribution in [2.75, 3.05) is 0 Å². The van der Waals surface area contributed by atoms with Gasteiger partial charge in [0.25, 0.3) is 0 Å². The van der Waals surface area contributed by atoms with Crippen LogP contribution < -0.4 is 20.3 Å². The molecular formula is C42H56N4P+. The molecule has 2 aliphatic rings. The molecule has 4 nitrogen and oxygen atoms in total. The summed E-state index contributed by atoms with van der Waals surface area (Å²) in [6, 6.07) is 27.4. The van der Waals surface area contributed by atoms with E-state index in [1.807, 2.05) is 0 Å². The molecule has 4 aromatic rings. The third kappa shape index (κ3) is 5.15. The Balaban J connectivity index is 1.71. The summed E-state index contributed by atoms with van der Waals surface area (Å²) < 4.78 is 0. The smallest absolute Gasteiger partial charge is 0.140 e. The second-order valence-corrected chi connectivity index (χ2v) is 17.6. The van der Waals surface area contributed by atoms with Crippen molar-refractivity contribution in [2.24, 2.45) is 11.8 Å². The molecule has 47 heavy (non-hydrogen) atoms. The van der Waals surface area contributed by atoms with Crippen LogP contribution in [-0.4, -0.2) is 12.1 Å². The lowest BCUT2D eigenvalue weighted by Gasteiger charge is -2.40. The van der Waals surface area contributed by atoms with Gasteiger partial charge < -0.3 is 0 Å². The fourth-order valence-corrected chi connectivity index (χ4v) is 13.6. The number of aryl methyl sites for hydroxylation is 8. The Hall–Kier alpha value is -2.85. The molecule has 5 heteroatoms. The van der Waals surface area contributed by atoms with Crippen molar-refractivity contribution in [2.45, 2.75) is 106 Å². The molecule has 0 aromatic heterocycles. The first kappa shape index (κ1) is 34.0. The van der Waals surface area contributed by atoms with Crippen molar-refractivity contribution in [3.05, 3.63) is 140 Å². The van der Waals surface area contributed by atoms with Crippen molar-refractivity contribution in [3.63, 3.8) is 0 Å². The van der Waals surface area contributed by atoms with E-state index in [4.69, 9.17) is 0 Å². The first-order chi connectivity index (χ1) is 22.2. The SMILES string of the molecule is Cc1cccc(C)c1C1(c2c(C)cccc2C)N[P+]2(N[C@H]1C(C)C)N[C@@H](C(C)C)C(c1c(C)cccc1C)(c1c(C)cccc1C)N2. The van der Waals surface area contributed by atoms with Gasteiger partial charge >= 0.3 is 7.87 Å². The van der Waals surface area contributed by atoms with Crippen LogP contribution in [0.2, 0.25) is 0 Å². The maximum Gasteiger partial charge on any atom is 0.301 e. The standard InChI is InChI=1S/C42H56N4P/c1-25(2)39-41(35-27(5)17-13-18-28(35)6,36-29(7)19-14-20-30(36)8)45-47(43-39)44-40(26(3)4)42(46-47,37-31(9)21-15-22-32(37)10)38-33(11)23-16-24-34(38)12/h13-26,39-40,43-46H,1-12H3/q+1/t39-,40-,47?/m0/s1. The molecule has 4 aromatic carbocycles. The van der Waals surface area contributed by atoms with Crippen molar-refractivity contribution < 1.29 is 0 Å². The monoisotopic (exact) mass is 647 g/mol. The van der Waals surface area contributed by atoms with Crippen LogP contribution in [0.15, 0.2) is 72.8 Å². The maximum atomic E-state index is 4.54. The molecule has 0 amide bonds. The summed E-state index contributed by atoms with van der Waals surface area (Å²) in [4.78, 5) is 0. The fraction of sp³-hybridized carbons (Fsp3) is 0.429. The van der Waals surface area contributed by atoms with Crippen molar-refractivity contribution in [3.8, 4) is 0 Å². The Kier molecular flexibility index (Phi) is 8.86. The second kappa shape index (κ2) is 12.2. The van der Waals surface area contributed by atoms with Crippen molar-refractivity contribution in [1.29, 1.82) is 0 Å². The minimum atomic E-state index is -2.48. The molecule has 6 rings (SSSR count). The summed E-state index contributed by atoms with van der Waals surface area (Å²) in [7, 11) is -2.48. The molecule has 0 unspecified atom stereocenters. The topological polar surface area (TPSA) is 48.1 Å². The number of benzene rings is 4. The molecular weight excluding hydrogens is 591 g/mol. The number of nitrogens with one attached hydrogen (secondary N) is 4. The maximum absolute atomic E-state index is 4.54. The summed E-state index contributed by atoms with van der Waals surface area (Å²) in [5, 5.41) is 17.9. The number of hydrogen-bond donors (Lipinski definition) is 4. The van der Waals surface area contributed by atoms with Crippen molar-refractivity contribution in [1.82, 2.24) is 20.3 Å². The Labute approximate surface area is 285 Å². The molecule has 2 aliphatic heterocycles. The van der Waals surface area contributed by atoms with E-state index in [1.54, 1.807) is 0 Å². The van der Waals surface area contributed by atoms with E-state index >= 15 is 0 Å². The number of rotatable bonds is 6. The predicted molar refractivity (Wildman–Crippen MR) is 202 cm³/mol. The van der Waals surface area contributed by atoms with Crippen LogP contribution in [-0.2, 0) is 11.1 Å². The van der Waals surface area contributed by atoms with E-state index in [0.717, 1.165) is 0 Å². The van der Waals surface area contributed by atoms with Gasteiger partial charge in [-0.1, -0.05) is 100 Å². The summed E-state index contributed by atoms with van der Waals surface area (Å²) >= 11 is 0. The molecule has 0 aliphatic carbocycles. The Morgan fingerprint density at radius 1 is 0.426 bits per heavy atom. The molecule has 1 spiro atoms. The second-order valence-electron chi connectivity index (χ2n) is 15.3. The van der Waals surface area contributed by atoms with Gasteiger partial charge in [0.1, 0.15) is 11.1 Å². The highest BCUT2D eigenvalue weighted by molar-refractivity contribution is 7.69.